The summed E-state index contributed by atoms with van der Waals surface area (Å²) < 4.78 is 106. The number of aromatic nitrogens is 3. The summed E-state index contributed by atoms with van der Waals surface area (Å²) in [5.41, 5.74) is 1.07. The number of carbonyl (C=O) groups excluding carboxylic acids is 1. The number of benzene rings is 3. The molecule has 6 rings (SSSR count). The zero-order valence-electron chi connectivity index (χ0n) is 27.4. The normalized spacial score (nSPS) is 14.9. The standard InChI is InChI=1S/C36H33F7N4O2/c1-6-20-9-8-10-21(7-2)29(20)47-30(24-13-14-28(37)31-25(24)15-16-46(31)33(48)49-5)26-19-45(34(3,4)32(26)44-47)18-22-11-12-23(35(38,39)40)17-27(22)36(41,42)43/h8-17H,6-7,18-19H2,1-5H3. The molecule has 1 aliphatic heterocycles. The average molecular weight is 687 g/mol. The number of ether oxygens (including phenoxy) is 1. The summed E-state index contributed by atoms with van der Waals surface area (Å²) in [7, 11) is 1.18. The van der Waals surface area contributed by atoms with Crippen LogP contribution >= 0.6 is 0 Å². The largest absolute Gasteiger partial charge is 0.452 e. The van der Waals surface area contributed by atoms with Gasteiger partial charge in [0, 0.05) is 35.8 Å². The first-order valence-electron chi connectivity index (χ1n) is 15.7. The Morgan fingerprint density at radius 3 is 2.18 bits per heavy atom. The van der Waals surface area contributed by atoms with Gasteiger partial charge in [0.1, 0.15) is 5.82 Å². The molecule has 0 unspecified atom stereocenters. The maximum atomic E-state index is 15.4. The first-order chi connectivity index (χ1) is 23.0. The Hall–Kier alpha value is -4.65. The molecule has 0 saturated heterocycles. The maximum Gasteiger partial charge on any atom is 0.418 e. The molecule has 0 N–H and O–H groups in total. The summed E-state index contributed by atoms with van der Waals surface area (Å²) in [5.74, 6) is -0.663. The van der Waals surface area contributed by atoms with Crippen LogP contribution in [0.2, 0.25) is 0 Å². The summed E-state index contributed by atoms with van der Waals surface area (Å²) >= 11 is 0. The lowest BCUT2D eigenvalue weighted by molar-refractivity contribution is -0.143. The molecule has 0 saturated carbocycles. The third-order valence-electron chi connectivity index (χ3n) is 9.41. The van der Waals surface area contributed by atoms with Gasteiger partial charge in [-0.25, -0.2) is 18.4 Å². The van der Waals surface area contributed by atoms with Gasteiger partial charge in [-0.05, 0) is 73.7 Å². The van der Waals surface area contributed by atoms with Crippen molar-refractivity contribution in [2.45, 2.75) is 71.5 Å². The van der Waals surface area contributed by atoms with E-state index in [0.717, 1.165) is 27.4 Å². The fraction of sp³-hybridized carbons (Fsp3) is 0.333. The fourth-order valence-corrected chi connectivity index (χ4v) is 6.84. The molecule has 49 heavy (non-hydrogen) atoms. The van der Waals surface area contributed by atoms with E-state index in [-0.39, 0.29) is 30.2 Å². The van der Waals surface area contributed by atoms with Gasteiger partial charge in [-0.1, -0.05) is 38.1 Å². The predicted octanol–water partition coefficient (Wildman–Crippen LogP) is 9.66. The van der Waals surface area contributed by atoms with Gasteiger partial charge in [0.25, 0.3) is 0 Å². The molecule has 2 aromatic heterocycles. The zero-order valence-corrected chi connectivity index (χ0v) is 27.4. The van der Waals surface area contributed by atoms with Gasteiger partial charge in [0.2, 0.25) is 0 Å². The number of nitrogens with zero attached hydrogens (tertiary/aromatic N) is 4. The number of alkyl halides is 6. The summed E-state index contributed by atoms with van der Waals surface area (Å²) in [6.07, 6.45) is -8.04. The minimum atomic E-state index is -5.03. The molecule has 5 aromatic rings. The third kappa shape index (κ3) is 5.67. The molecule has 1 aliphatic rings. The van der Waals surface area contributed by atoms with Gasteiger partial charge in [0.15, 0.2) is 0 Å². The number of halogens is 7. The van der Waals surface area contributed by atoms with Crippen LogP contribution in [0.1, 0.15) is 66.8 Å². The number of rotatable bonds is 6. The van der Waals surface area contributed by atoms with E-state index in [1.807, 2.05) is 36.7 Å². The van der Waals surface area contributed by atoms with Gasteiger partial charge < -0.3 is 4.74 Å². The molecular formula is C36H33F7N4O2. The van der Waals surface area contributed by atoms with Gasteiger partial charge in [-0.2, -0.15) is 31.4 Å². The molecule has 0 amide bonds. The van der Waals surface area contributed by atoms with Gasteiger partial charge >= 0.3 is 18.4 Å². The topological polar surface area (TPSA) is 52.3 Å². The molecule has 0 fully saturated rings. The molecule has 258 valence electrons. The van der Waals surface area contributed by atoms with Crippen molar-refractivity contribution in [3.63, 3.8) is 0 Å². The highest BCUT2D eigenvalue weighted by Gasteiger charge is 2.45. The quantitative estimate of drug-likeness (QED) is 0.167. The molecular weight excluding hydrogens is 653 g/mol. The van der Waals surface area contributed by atoms with Crippen LogP contribution < -0.4 is 0 Å². The second kappa shape index (κ2) is 12.0. The number of hydrogen-bond donors (Lipinski definition) is 0. The Labute approximate surface area is 277 Å². The molecule has 0 radical (unpaired) electrons. The second-order valence-corrected chi connectivity index (χ2v) is 12.5. The predicted molar refractivity (Wildman–Crippen MR) is 170 cm³/mol. The van der Waals surface area contributed by atoms with Crippen LogP contribution in [-0.4, -0.2) is 32.5 Å². The monoisotopic (exact) mass is 686 g/mol. The van der Waals surface area contributed by atoms with Gasteiger partial charge in [0.05, 0.1) is 46.4 Å². The van der Waals surface area contributed by atoms with E-state index in [9.17, 15) is 31.1 Å². The number of methoxy groups -OCH3 is 1. The van der Waals surface area contributed by atoms with Crippen molar-refractivity contribution in [2.75, 3.05) is 7.11 Å². The second-order valence-electron chi connectivity index (χ2n) is 12.5. The summed E-state index contributed by atoms with van der Waals surface area (Å²) in [5, 5.41) is 5.50. The van der Waals surface area contributed by atoms with E-state index in [2.05, 4.69) is 0 Å². The first kappa shape index (κ1) is 34.2. The van der Waals surface area contributed by atoms with Crippen molar-refractivity contribution in [3.05, 3.63) is 106 Å². The lowest BCUT2D eigenvalue weighted by Gasteiger charge is -2.33. The minimum absolute atomic E-state index is 0.0148. The number of aryl methyl sites for hydroxylation is 2. The molecule has 0 aliphatic carbocycles. The van der Waals surface area contributed by atoms with E-state index in [4.69, 9.17) is 9.84 Å². The molecule has 0 bridgehead atoms. The molecule has 6 nitrogen and oxygen atoms in total. The van der Waals surface area contributed by atoms with E-state index < -0.39 is 40.9 Å². The highest BCUT2D eigenvalue weighted by Crippen LogP contribution is 2.47. The Kier molecular flexibility index (Phi) is 8.41. The molecule has 3 aromatic carbocycles. The molecule has 0 atom stereocenters. The fourth-order valence-electron chi connectivity index (χ4n) is 6.84. The van der Waals surface area contributed by atoms with Crippen molar-refractivity contribution < 1.29 is 40.3 Å². The summed E-state index contributed by atoms with van der Waals surface area (Å²) in [6, 6.07) is 12.0. The van der Waals surface area contributed by atoms with Gasteiger partial charge in [-0.15, -0.1) is 0 Å². The van der Waals surface area contributed by atoms with E-state index in [0.29, 0.717) is 46.8 Å². The lowest BCUT2D eigenvalue weighted by atomic mass is 9.96. The average Bonchev–Trinajstić information content (AvgIpc) is 3.72. The Morgan fingerprint density at radius 2 is 1.59 bits per heavy atom. The third-order valence-corrected chi connectivity index (χ3v) is 9.41. The summed E-state index contributed by atoms with van der Waals surface area (Å²) in [4.78, 5) is 14.3. The van der Waals surface area contributed by atoms with E-state index in [1.165, 1.54) is 19.4 Å². The zero-order chi connectivity index (χ0) is 35.6. The van der Waals surface area contributed by atoms with Crippen LogP contribution in [0.15, 0.2) is 60.8 Å². The van der Waals surface area contributed by atoms with Crippen molar-refractivity contribution >= 4 is 17.0 Å². The van der Waals surface area contributed by atoms with Crippen LogP contribution in [0.25, 0.3) is 27.8 Å². The van der Waals surface area contributed by atoms with Crippen molar-refractivity contribution in [1.82, 2.24) is 19.2 Å². The molecule has 13 heteroatoms. The van der Waals surface area contributed by atoms with Crippen LogP contribution in [0.3, 0.4) is 0 Å². The maximum absolute atomic E-state index is 15.4. The minimum Gasteiger partial charge on any atom is -0.452 e. The van der Waals surface area contributed by atoms with Crippen LogP contribution in [0.4, 0.5) is 35.5 Å². The van der Waals surface area contributed by atoms with Crippen molar-refractivity contribution in [1.29, 1.82) is 0 Å². The van der Waals surface area contributed by atoms with Crippen LogP contribution in [-0.2, 0) is 48.6 Å². The van der Waals surface area contributed by atoms with Crippen molar-refractivity contribution in [2.24, 2.45) is 0 Å². The lowest BCUT2D eigenvalue weighted by Crippen LogP contribution is -2.36. The van der Waals surface area contributed by atoms with E-state index in [1.54, 1.807) is 30.9 Å². The summed E-state index contributed by atoms with van der Waals surface area (Å²) in [6.45, 7) is 7.39. The highest BCUT2D eigenvalue weighted by atomic mass is 19.4. The smallest absolute Gasteiger partial charge is 0.418 e. The SMILES string of the molecule is CCc1cccc(CC)c1-n1nc2c(c1-c1ccc(F)c3c1ccn3C(=O)OC)CN(Cc1ccc(C(F)(F)F)cc1C(F)(F)F)C2(C)C. The molecule has 3 heterocycles. The van der Waals surface area contributed by atoms with Crippen molar-refractivity contribution in [3.8, 4) is 16.9 Å². The Balaban J connectivity index is 1.58. The van der Waals surface area contributed by atoms with Crippen LogP contribution in [0, 0.1) is 5.82 Å². The number of para-hydroxylation sites is 1. The molecule has 0 spiro atoms. The number of hydrogen-bond acceptors (Lipinski definition) is 4. The Bertz CT molecular complexity index is 2070. The first-order valence-corrected chi connectivity index (χ1v) is 15.7. The number of fused-ring (bicyclic) bond motifs is 2. The highest BCUT2D eigenvalue weighted by molar-refractivity contribution is 6.00. The number of carbonyl (C=O) groups is 1. The van der Waals surface area contributed by atoms with Crippen LogP contribution in [0.5, 0.6) is 0 Å². The Morgan fingerprint density at radius 1 is 0.918 bits per heavy atom. The van der Waals surface area contributed by atoms with Gasteiger partial charge in [-0.3, -0.25) is 4.90 Å². The van der Waals surface area contributed by atoms with E-state index >= 15 is 4.39 Å².